The van der Waals surface area contributed by atoms with Gasteiger partial charge in [-0.1, -0.05) is 18.2 Å². The fourth-order valence-corrected chi connectivity index (χ4v) is 3.01. The highest BCUT2D eigenvalue weighted by atomic mass is 19.1. The van der Waals surface area contributed by atoms with Crippen molar-refractivity contribution in [1.82, 2.24) is 20.0 Å². The molecule has 5 rings (SSSR count). The minimum absolute atomic E-state index is 0.0452. The third-order valence-electron chi connectivity index (χ3n) is 4.08. The summed E-state index contributed by atoms with van der Waals surface area (Å²) in [7, 11) is 0. The van der Waals surface area contributed by atoms with E-state index in [0.717, 1.165) is 34.7 Å². The second-order valence-electron chi connectivity index (χ2n) is 5.49. The molecule has 5 nitrogen and oxygen atoms in total. The van der Waals surface area contributed by atoms with E-state index in [1.165, 1.54) is 4.68 Å². The predicted octanol–water partition coefficient (Wildman–Crippen LogP) is 3.64. The van der Waals surface area contributed by atoms with Crippen molar-refractivity contribution in [1.29, 1.82) is 0 Å². The van der Waals surface area contributed by atoms with Gasteiger partial charge in [0.15, 0.2) is 5.84 Å². The molecule has 3 heterocycles. The van der Waals surface area contributed by atoms with Gasteiger partial charge in [0.05, 0.1) is 29.2 Å². The molecule has 0 saturated heterocycles. The molecule has 0 saturated carbocycles. The zero-order valence-electron chi connectivity index (χ0n) is 12.2. The number of hydrogen-bond donors (Lipinski definition) is 1. The van der Waals surface area contributed by atoms with Crippen LogP contribution in [0.25, 0.3) is 22.2 Å². The Hall–Kier alpha value is -3.35. The van der Waals surface area contributed by atoms with Gasteiger partial charge in [-0.05, 0) is 18.2 Å². The van der Waals surface area contributed by atoms with Crippen molar-refractivity contribution in [2.24, 2.45) is 4.99 Å². The van der Waals surface area contributed by atoms with Crippen LogP contribution in [0.3, 0.4) is 0 Å². The Kier molecular flexibility index (Phi) is 2.50. The number of nitrogens with zero attached hydrogens (tertiary/aromatic N) is 4. The van der Waals surface area contributed by atoms with E-state index >= 15 is 0 Å². The summed E-state index contributed by atoms with van der Waals surface area (Å²) in [6, 6.07) is 9.01. The van der Waals surface area contributed by atoms with Gasteiger partial charge in [-0.2, -0.15) is 10.2 Å². The maximum Gasteiger partial charge on any atom is 0.165 e. The molecular formula is C17H9F2N5. The van der Waals surface area contributed by atoms with Crippen LogP contribution in [-0.2, 0) is 0 Å². The Balaban J connectivity index is 1.93. The average molecular weight is 321 g/mol. The molecule has 0 spiro atoms. The molecule has 1 aliphatic rings. The SMILES string of the molecule is Fc1ccc(F)c(C2=Nc3cn[nH]c3-c3cccc4cnn2c34)c1. The van der Waals surface area contributed by atoms with E-state index in [9.17, 15) is 8.78 Å². The molecule has 1 aliphatic heterocycles. The number of para-hydroxylation sites is 1. The number of aromatic amines is 1. The monoisotopic (exact) mass is 321 g/mol. The molecule has 0 atom stereocenters. The molecule has 2 aromatic heterocycles. The molecule has 1 N–H and O–H groups in total. The van der Waals surface area contributed by atoms with Gasteiger partial charge >= 0.3 is 0 Å². The summed E-state index contributed by atoms with van der Waals surface area (Å²) in [5, 5.41) is 12.2. The second-order valence-corrected chi connectivity index (χ2v) is 5.49. The Bertz CT molecular complexity index is 1140. The Morgan fingerprint density at radius 3 is 2.83 bits per heavy atom. The van der Waals surface area contributed by atoms with Gasteiger partial charge in [-0.25, -0.2) is 18.5 Å². The fraction of sp³-hybridized carbons (Fsp3) is 0. The number of fused-ring (bicyclic) bond motifs is 2. The van der Waals surface area contributed by atoms with Gasteiger partial charge in [0, 0.05) is 10.9 Å². The summed E-state index contributed by atoms with van der Waals surface area (Å²) in [4.78, 5) is 4.50. The lowest BCUT2D eigenvalue weighted by Crippen LogP contribution is -2.16. The topological polar surface area (TPSA) is 58.9 Å². The summed E-state index contributed by atoms with van der Waals surface area (Å²) < 4.78 is 29.6. The molecule has 116 valence electrons. The van der Waals surface area contributed by atoms with Crippen LogP contribution in [0.2, 0.25) is 0 Å². The molecule has 4 aromatic rings. The highest BCUT2D eigenvalue weighted by Gasteiger charge is 2.24. The highest BCUT2D eigenvalue weighted by Crippen LogP contribution is 2.36. The first-order valence-corrected chi connectivity index (χ1v) is 7.27. The van der Waals surface area contributed by atoms with Crippen LogP contribution in [-0.4, -0.2) is 25.8 Å². The molecule has 0 amide bonds. The smallest absolute Gasteiger partial charge is 0.165 e. The van der Waals surface area contributed by atoms with Crippen molar-refractivity contribution < 1.29 is 8.78 Å². The van der Waals surface area contributed by atoms with Crippen LogP contribution in [0.5, 0.6) is 0 Å². The molecular weight excluding hydrogens is 312 g/mol. The second kappa shape index (κ2) is 4.58. The van der Waals surface area contributed by atoms with Crippen molar-refractivity contribution in [3.8, 4) is 11.3 Å². The zero-order valence-corrected chi connectivity index (χ0v) is 12.2. The van der Waals surface area contributed by atoms with Crippen LogP contribution in [0.4, 0.5) is 14.5 Å². The lowest BCUT2D eigenvalue weighted by Gasteiger charge is -2.09. The highest BCUT2D eigenvalue weighted by molar-refractivity contribution is 6.11. The first kappa shape index (κ1) is 13.1. The number of nitrogens with one attached hydrogen (secondary N) is 1. The van der Waals surface area contributed by atoms with Crippen LogP contribution >= 0.6 is 0 Å². The quantitative estimate of drug-likeness (QED) is 0.512. The van der Waals surface area contributed by atoms with E-state index < -0.39 is 11.6 Å². The minimum Gasteiger partial charge on any atom is -0.275 e. The van der Waals surface area contributed by atoms with Crippen molar-refractivity contribution in [2.75, 3.05) is 0 Å². The summed E-state index contributed by atoms with van der Waals surface area (Å²) in [5.74, 6) is -0.889. The molecule has 0 unspecified atom stereocenters. The van der Waals surface area contributed by atoms with Crippen molar-refractivity contribution in [3.63, 3.8) is 0 Å². The Morgan fingerprint density at radius 2 is 1.92 bits per heavy atom. The number of hydrogen-bond acceptors (Lipinski definition) is 3. The number of benzene rings is 2. The maximum absolute atomic E-state index is 14.3. The molecule has 0 bridgehead atoms. The first-order valence-electron chi connectivity index (χ1n) is 7.27. The van der Waals surface area contributed by atoms with Crippen LogP contribution in [0.1, 0.15) is 5.56 Å². The first-order chi connectivity index (χ1) is 11.7. The molecule has 7 heteroatoms. The van der Waals surface area contributed by atoms with Crippen molar-refractivity contribution >= 4 is 22.4 Å². The summed E-state index contributed by atoms with van der Waals surface area (Å²) >= 11 is 0. The number of H-pyrrole nitrogens is 1. The van der Waals surface area contributed by atoms with Crippen molar-refractivity contribution in [2.45, 2.75) is 0 Å². The Labute approximate surface area is 134 Å². The molecule has 0 radical (unpaired) electrons. The van der Waals surface area contributed by atoms with E-state index in [1.807, 2.05) is 18.2 Å². The molecule has 0 aliphatic carbocycles. The van der Waals surface area contributed by atoms with Gasteiger partial charge < -0.3 is 0 Å². The number of aromatic nitrogens is 4. The average Bonchev–Trinajstić information content (AvgIpc) is 3.19. The van der Waals surface area contributed by atoms with E-state index in [-0.39, 0.29) is 11.4 Å². The van der Waals surface area contributed by atoms with Gasteiger partial charge in [0.2, 0.25) is 0 Å². The summed E-state index contributed by atoms with van der Waals surface area (Å²) in [6.07, 6.45) is 3.23. The summed E-state index contributed by atoms with van der Waals surface area (Å²) in [6.45, 7) is 0. The van der Waals surface area contributed by atoms with Gasteiger partial charge in [0.1, 0.15) is 17.3 Å². The fourth-order valence-electron chi connectivity index (χ4n) is 3.01. The van der Waals surface area contributed by atoms with Gasteiger partial charge in [-0.15, -0.1) is 0 Å². The largest absolute Gasteiger partial charge is 0.275 e. The van der Waals surface area contributed by atoms with E-state index in [0.29, 0.717) is 11.4 Å². The third-order valence-corrected chi connectivity index (χ3v) is 4.08. The van der Waals surface area contributed by atoms with Crippen LogP contribution in [0.15, 0.2) is 53.8 Å². The zero-order chi connectivity index (χ0) is 16.3. The summed E-state index contributed by atoms with van der Waals surface area (Å²) in [5.41, 5.74) is 2.93. The third kappa shape index (κ3) is 1.69. The van der Waals surface area contributed by atoms with Gasteiger partial charge in [0.25, 0.3) is 0 Å². The van der Waals surface area contributed by atoms with Crippen LogP contribution in [0, 0.1) is 11.6 Å². The standard InChI is InChI=1S/C17H9F2N5/c18-10-4-5-13(19)12(6-10)17-22-14-8-20-23-15(14)11-3-1-2-9-7-21-24(17)16(9)11/h1-8H,(H,20,23). The lowest BCUT2D eigenvalue weighted by atomic mass is 10.1. The van der Waals surface area contributed by atoms with E-state index in [2.05, 4.69) is 20.3 Å². The van der Waals surface area contributed by atoms with Crippen molar-refractivity contribution in [3.05, 3.63) is 66.0 Å². The minimum atomic E-state index is -0.566. The maximum atomic E-state index is 14.3. The van der Waals surface area contributed by atoms with Gasteiger partial charge in [-0.3, -0.25) is 5.10 Å². The molecule has 24 heavy (non-hydrogen) atoms. The number of halogens is 2. The molecule has 0 fully saturated rings. The van der Waals surface area contributed by atoms with E-state index in [4.69, 9.17) is 0 Å². The number of rotatable bonds is 1. The number of aliphatic imine (C=N–C) groups is 1. The normalized spacial score (nSPS) is 12.8. The van der Waals surface area contributed by atoms with Crippen LogP contribution < -0.4 is 0 Å². The molecule has 2 aromatic carbocycles. The van der Waals surface area contributed by atoms with E-state index in [1.54, 1.807) is 12.4 Å². The Morgan fingerprint density at radius 1 is 1.00 bits per heavy atom. The predicted molar refractivity (Wildman–Crippen MR) is 85.3 cm³/mol. The lowest BCUT2D eigenvalue weighted by molar-refractivity contribution is 0.597.